The van der Waals surface area contributed by atoms with Crippen molar-refractivity contribution in [1.82, 2.24) is 4.90 Å². The zero-order chi connectivity index (χ0) is 7.61. The molecule has 0 bridgehead atoms. The van der Waals surface area contributed by atoms with Crippen LogP contribution in [-0.2, 0) is 0 Å². The lowest BCUT2D eigenvalue weighted by molar-refractivity contribution is -0.0451. The van der Waals surface area contributed by atoms with Crippen molar-refractivity contribution in [1.29, 1.82) is 0 Å². The molecule has 0 aromatic carbocycles. The molecule has 1 aliphatic heterocycles. The van der Waals surface area contributed by atoms with E-state index in [0.717, 1.165) is 0 Å². The third-order valence-corrected chi connectivity index (χ3v) is 1.68. The van der Waals surface area contributed by atoms with Crippen LogP contribution in [0.3, 0.4) is 0 Å². The van der Waals surface area contributed by atoms with Gasteiger partial charge in [0, 0.05) is 32.0 Å². The fraction of sp³-hybridized carbons (Fsp3) is 0.714. The zero-order valence-electron chi connectivity index (χ0n) is 5.61. The van der Waals surface area contributed by atoms with Gasteiger partial charge in [-0.2, -0.15) is 0 Å². The second kappa shape index (κ2) is 2.45. The van der Waals surface area contributed by atoms with Crippen LogP contribution in [-0.4, -0.2) is 23.9 Å². The molecule has 1 fully saturated rings. The van der Waals surface area contributed by atoms with Gasteiger partial charge in [0.15, 0.2) is 0 Å². The standard InChI is InChI=1S/C7H9F2N/c1-2-10-5-3-7(8,9)4-6-10/h1H,3-6H2. The zero-order valence-corrected chi connectivity index (χ0v) is 5.61. The first-order chi connectivity index (χ1) is 4.64. The van der Waals surface area contributed by atoms with Crippen molar-refractivity contribution in [3.8, 4) is 12.5 Å². The Labute approximate surface area is 59.0 Å². The lowest BCUT2D eigenvalue weighted by Gasteiger charge is -2.28. The van der Waals surface area contributed by atoms with Crippen LogP contribution in [0.5, 0.6) is 0 Å². The Bertz CT molecular complexity index is 149. The van der Waals surface area contributed by atoms with E-state index in [0.29, 0.717) is 13.1 Å². The minimum absolute atomic E-state index is 0.100. The summed E-state index contributed by atoms with van der Waals surface area (Å²) in [7, 11) is 0. The second-order valence-electron chi connectivity index (χ2n) is 2.47. The van der Waals surface area contributed by atoms with Gasteiger partial charge in [0.2, 0.25) is 0 Å². The molecule has 10 heavy (non-hydrogen) atoms. The monoisotopic (exact) mass is 145 g/mol. The van der Waals surface area contributed by atoms with Gasteiger partial charge < -0.3 is 4.90 Å². The third-order valence-electron chi connectivity index (χ3n) is 1.68. The number of hydrogen-bond donors (Lipinski definition) is 0. The molecule has 3 heteroatoms. The van der Waals surface area contributed by atoms with E-state index in [-0.39, 0.29) is 12.8 Å². The molecule has 1 aliphatic rings. The number of piperidine rings is 1. The van der Waals surface area contributed by atoms with Gasteiger partial charge in [-0.25, -0.2) is 8.78 Å². The van der Waals surface area contributed by atoms with Gasteiger partial charge in [-0.15, -0.1) is 0 Å². The molecule has 0 atom stereocenters. The van der Waals surface area contributed by atoms with E-state index in [4.69, 9.17) is 6.42 Å². The topological polar surface area (TPSA) is 3.24 Å². The molecular formula is C7H9F2N. The highest BCUT2D eigenvalue weighted by atomic mass is 19.3. The maximum atomic E-state index is 12.4. The number of halogens is 2. The molecule has 0 spiro atoms. The summed E-state index contributed by atoms with van der Waals surface area (Å²) < 4.78 is 24.8. The Kier molecular flexibility index (Phi) is 1.80. The van der Waals surface area contributed by atoms with Gasteiger partial charge in [-0.3, -0.25) is 0 Å². The third kappa shape index (κ3) is 1.60. The second-order valence-corrected chi connectivity index (χ2v) is 2.47. The fourth-order valence-corrected chi connectivity index (χ4v) is 0.963. The summed E-state index contributed by atoms with van der Waals surface area (Å²) in [5.74, 6) is -2.48. The van der Waals surface area contributed by atoms with Crippen molar-refractivity contribution in [3.63, 3.8) is 0 Å². The minimum Gasteiger partial charge on any atom is -0.332 e. The normalized spacial score (nSPS) is 23.9. The van der Waals surface area contributed by atoms with E-state index in [1.54, 1.807) is 4.90 Å². The molecule has 1 nitrogen and oxygen atoms in total. The van der Waals surface area contributed by atoms with E-state index in [1.807, 2.05) is 0 Å². The summed E-state index contributed by atoms with van der Waals surface area (Å²) in [6.45, 7) is 0.646. The number of likely N-dealkylation sites (tertiary alicyclic amines) is 1. The summed E-state index contributed by atoms with van der Waals surface area (Å²) in [5, 5.41) is 0. The number of hydrogen-bond acceptors (Lipinski definition) is 1. The van der Waals surface area contributed by atoms with Gasteiger partial charge in [0.25, 0.3) is 5.92 Å². The lowest BCUT2D eigenvalue weighted by atomic mass is 10.1. The first-order valence-corrected chi connectivity index (χ1v) is 3.23. The van der Waals surface area contributed by atoms with E-state index < -0.39 is 5.92 Å². The van der Waals surface area contributed by atoms with Gasteiger partial charge in [0.05, 0.1) is 0 Å². The van der Waals surface area contributed by atoms with Gasteiger partial charge in [-0.1, -0.05) is 6.42 Å². The lowest BCUT2D eigenvalue weighted by Crippen LogP contribution is -2.36. The highest BCUT2D eigenvalue weighted by Gasteiger charge is 2.33. The molecule has 0 saturated carbocycles. The molecule has 56 valence electrons. The predicted octanol–water partition coefficient (Wildman–Crippen LogP) is 1.31. The molecule has 0 aromatic rings. The Morgan fingerprint density at radius 3 is 2.20 bits per heavy atom. The molecule has 0 amide bonds. The van der Waals surface area contributed by atoms with Gasteiger partial charge in [0.1, 0.15) is 0 Å². The first-order valence-electron chi connectivity index (χ1n) is 3.23. The predicted molar refractivity (Wildman–Crippen MR) is 34.6 cm³/mol. The minimum atomic E-state index is -2.48. The van der Waals surface area contributed by atoms with Crippen molar-refractivity contribution in [3.05, 3.63) is 0 Å². The van der Waals surface area contributed by atoms with Crippen LogP contribution < -0.4 is 0 Å². The van der Waals surface area contributed by atoms with E-state index >= 15 is 0 Å². The summed E-state index contributed by atoms with van der Waals surface area (Å²) in [6.07, 6.45) is 4.82. The van der Waals surface area contributed by atoms with Crippen LogP contribution in [0.2, 0.25) is 0 Å². The van der Waals surface area contributed by atoms with Crippen LogP contribution >= 0.6 is 0 Å². The SMILES string of the molecule is C#CN1CCC(F)(F)CC1. The Morgan fingerprint density at radius 2 is 1.80 bits per heavy atom. The van der Waals surface area contributed by atoms with Crippen LogP contribution in [0.15, 0.2) is 0 Å². The van der Waals surface area contributed by atoms with Gasteiger partial charge in [-0.05, 0) is 0 Å². The molecule has 0 radical (unpaired) electrons. The molecule has 1 saturated heterocycles. The molecule has 0 aliphatic carbocycles. The number of alkyl halides is 2. The Balaban J connectivity index is 2.40. The van der Waals surface area contributed by atoms with Crippen LogP contribution in [0.25, 0.3) is 0 Å². The molecular weight excluding hydrogens is 136 g/mol. The number of nitrogens with zero attached hydrogens (tertiary/aromatic N) is 1. The molecule has 0 N–H and O–H groups in total. The van der Waals surface area contributed by atoms with E-state index in [2.05, 4.69) is 6.04 Å². The molecule has 0 aromatic heterocycles. The van der Waals surface area contributed by atoms with Crippen molar-refractivity contribution < 1.29 is 8.78 Å². The average molecular weight is 145 g/mol. The number of rotatable bonds is 0. The highest BCUT2D eigenvalue weighted by Crippen LogP contribution is 2.26. The summed E-state index contributed by atoms with van der Waals surface area (Å²) in [5.41, 5.74) is 0. The summed E-state index contributed by atoms with van der Waals surface area (Å²) in [4.78, 5) is 1.58. The largest absolute Gasteiger partial charge is 0.332 e. The van der Waals surface area contributed by atoms with E-state index in [9.17, 15) is 8.78 Å². The van der Waals surface area contributed by atoms with E-state index in [1.165, 1.54) is 0 Å². The van der Waals surface area contributed by atoms with Crippen molar-refractivity contribution >= 4 is 0 Å². The molecule has 1 heterocycles. The molecule has 1 rings (SSSR count). The highest BCUT2D eigenvalue weighted by molar-refractivity contribution is 4.90. The quantitative estimate of drug-likeness (QED) is 0.464. The van der Waals surface area contributed by atoms with Gasteiger partial charge >= 0.3 is 0 Å². The Hall–Kier alpha value is -0.780. The molecule has 0 unspecified atom stereocenters. The van der Waals surface area contributed by atoms with Crippen LogP contribution in [0, 0.1) is 12.5 Å². The summed E-state index contributed by atoms with van der Waals surface area (Å²) in [6, 6.07) is 2.34. The maximum absolute atomic E-state index is 12.4. The summed E-state index contributed by atoms with van der Waals surface area (Å²) >= 11 is 0. The number of terminal acetylenes is 1. The fourth-order valence-electron chi connectivity index (χ4n) is 0.963. The maximum Gasteiger partial charge on any atom is 0.251 e. The smallest absolute Gasteiger partial charge is 0.251 e. The van der Waals surface area contributed by atoms with Crippen molar-refractivity contribution in [2.45, 2.75) is 18.8 Å². The first kappa shape index (κ1) is 7.33. The van der Waals surface area contributed by atoms with Crippen LogP contribution in [0.4, 0.5) is 8.78 Å². The average Bonchev–Trinajstić information content (AvgIpc) is 1.88. The van der Waals surface area contributed by atoms with Crippen LogP contribution in [0.1, 0.15) is 12.8 Å². The Morgan fingerprint density at radius 1 is 1.30 bits per heavy atom. The van der Waals surface area contributed by atoms with Crippen molar-refractivity contribution in [2.75, 3.05) is 13.1 Å². The van der Waals surface area contributed by atoms with Crippen molar-refractivity contribution in [2.24, 2.45) is 0 Å².